The number of hydrogen-bond donors (Lipinski definition) is 1. The van der Waals surface area contributed by atoms with Crippen LogP contribution >= 0.6 is 0 Å². The number of carboxylic acid groups (broad SMARTS) is 1. The first-order valence-electron chi connectivity index (χ1n) is 8.63. The van der Waals surface area contributed by atoms with Crippen LogP contribution in [-0.4, -0.2) is 46.7 Å². The first-order chi connectivity index (χ1) is 11.4. The molecule has 0 unspecified atom stereocenters. The molecule has 5 heteroatoms. The standard InChI is InChI=1S/C19H23NO4/c1-11(2)13-5-3-12(4-6-13)9-20-10-19-8-7-14(24-19)15(18(22)23)16(19)17(20)21/h3,7-8,13-16H,1,4-6,9-10H2,2H3,(H,22,23)/t13-,14+,15-,16+,19+/m0/s1. The summed E-state index contributed by atoms with van der Waals surface area (Å²) in [7, 11) is 0. The molecule has 5 atom stereocenters. The summed E-state index contributed by atoms with van der Waals surface area (Å²) >= 11 is 0. The second-order valence-electron chi connectivity index (χ2n) is 7.61. The van der Waals surface area contributed by atoms with Crippen LogP contribution in [0, 0.1) is 17.8 Å². The van der Waals surface area contributed by atoms with Crippen molar-refractivity contribution in [1.82, 2.24) is 4.90 Å². The number of nitrogens with zero attached hydrogens (tertiary/aromatic N) is 1. The van der Waals surface area contributed by atoms with Crippen LogP contribution in [0.15, 0.2) is 36.0 Å². The molecule has 3 heterocycles. The number of rotatable bonds is 4. The Morgan fingerprint density at radius 2 is 2.33 bits per heavy atom. The molecule has 0 saturated carbocycles. The van der Waals surface area contributed by atoms with E-state index < -0.39 is 29.5 Å². The molecule has 5 nitrogen and oxygen atoms in total. The molecule has 4 aliphatic rings. The Morgan fingerprint density at radius 1 is 1.54 bits per heavy atom. The zero-order valence-corrected chi connectivity index (χ0v) is 13.9. The molecule has 1 amide bonds. The van der Waals surface area contributed by atoms with Crippen molar-refractivity contribution >= 4 is 11.9 Å². The molecule has 1 spiro atoms. The van der Waals surface area contributed by atoms with Gasteiger partial charge < -0.3 is 14.7 Å². The fourth-order valence-corrected chi connectivity index (χ4v) is 4.72. The summed E-state index contributed by atoms with van der Waals surface area (Å²) in [5.41, 5.74) is 1.76. The van der Waals surface area contributed by atoms with Crippen LogP contribution in [0.5, 0.6) is 0 Å². The van der Waals surface area contributed by atoms with Gasteiger partial charge in [0.25, 0.3) is 0 Å². The third-order valence-electron chi connectivity index (χ3n) is 6.06. The highest BCUT2D eigenvalue weighted by molar-refractivity contribution is 5.90. The van der Waals surface area contributed by atoms with Crippen LogP contribution in [0.25, 0.3) is 0 Å². The number of likely N-dealkylation sites (tertiary alicyclic amines) is 1. The lowest BCUT2D eigenvalue weighted by Gasteiger charge is -2.26. The number of ether oxygens (including phenoxy) is 1. The van der Waals surface area contributed by atoms with Crippen LogP contribution in [0.4, 0.5) is 0 Å². The first-order valence-corrected chi connectivity index (χ1v) is 8.63. The van der Waals surface area contributed by atoms with Gasteiger partial charge in [0.05, 0.1) is 18.6 Å². The molecule has 24 heavy (non-hydrogen) atoms. The number of hydrogen-bond acceptors (Lipinski definition) is 3. The van der Waals surface area contributed by atoms with Gasteiger partial charge in [-0.25, -0.2) is 0 Å². The molecule has 3 aliphatic heterocycles. The average Bonchev–Trinajstić information content (AvgIpc) is 3.16. The van der Waals surface area contributed by atoms with Crippen LogP contribution in [0.1, 0.15) is 26.2 Å². The summed E-state index contributed by atoms with van der Waals surface area (Å²) in [6.07, 6.45) is 8.52. The molecule has 0 aromatic rings. The molecule has 0 radical (unpaired) electrons. The van der Waals surface area contributed by atoms with Gasteiger partial charge in [-0.1, -0.05) is 36.0 Å². The zero-order chi connectivity index (χ0) is 17.1. The summed E-state index contributed by atoms with van der Waals surface area (Å²) in [4.78, 5) is 26.2. The SMILES string of the molecule is C=C(C)[C@H]1CC=C(CN2C[C@@]34C=C[C@@H](O3)[C@H](C(=O)O)[C@@H]4C2=O)CC1. The monoisotopic (exact) mass is 329 g/mol. The van der Waals surface area contributed by atoms with Gasteiger partial charge in [0.1, 0.15) is 11.5 Å². The van der Waals surface area contributed by atoms with Crippen molar-refractivity contribution < 1.29 is 19.4 Å². The van der Waals surface area contributed by atoms with Crippen molar-refractivity contribution in [1.29, 1.82) is 0 Å². The van der Waals surface area contributed by atoms with E-state index in [-0.39, 0.29) is 5.91 Å². The number of carbonyl (C=O) groups excluding carboxylic acids is 1. The van der Waals surface area contributed by atoms with Gasteiger partial charge in [-0.05, 0) is 32.1 Å². The average molecular weight is 329 g/mol. The van der Waals surface area contributed by atoms with Crippen molar-refractivity contribution in [3.05, 3.63) is 36.0 Å². The zero-order valence-electron chi connectivity index (χ0n) is 13.9. The van der Waals surface area contributed by atoms with E-state index in [0.717, 1.165) is 19.3 Å². The molecular weight excluding hydrogens is 306 g/mol. The smallest absolute Gasteiger partial charge is 0.310 e. The lowest BCUT2D eigenvalue weighted by Crippen LogP contribution is -2.39. The number of allylic oxidation sites excluding steroid dienone is 2. The van der Waals surface area contributed by atoms with Gasteiger partial charge >= 0.3 is 5.97 Å². The van der Waals surface area contributed by atoms with Gasteiger partial charge in [-0.3, -0.25) is 9.59 Å². The molecule has 128 valence electrons. The van der Waals surface area contributed by atoms with Crippen LogP contribution < -0.4 is 0 Å². The van der Waals surface area contributed by atoms with E-state index in [1.165, 1.54) is 11.1 Å². The maximum absolute atomic E-state index is 12.8. The number of carbonyl (C=O) groups is 2. The number of aliphatic carboxylic acids is 1. The van der Waals surface area contributed by atoms with Crippen LogP contribution in [0.3, 0.4) is 0 Å². The van der Waals surface area contributed by atoms with Gasteiger partial charge in [-0.2, -0.15) is 0 Å². The Kier molecular flexibility index (Phi) is 3.46. The lowest BCUT2D eigenvalue weighted by molar-refractivity contribution is -0.148. The van der Waals surface area contributed by atoms with E-state index in [0.29, 0.717) is 19.0 Å². The summed E-state index contributed by atoms with van der Waals surface area (Å²) in [6, 6.07) is 0. The van der Waals surface area contributed by atoms with Crippen LogP contribution in [0.2, 0.25) is 0 Å². The number of amides is 1. The minimum Gasteiger partial charge on any atom is -0.481 e. The van der Waals surface area contributed by atoms with Gasteiger partial charge in [0.2, 0.25) is 5.91 Å². The molecule has 1 N–H and O–H groups in total. The first kappa shape index (κ1) is 15.6. The molecule has 0 aromatic heterocycles. The van der Waals surface area contributed by atoms with Crippen LogP contribution in [-0.2, 0) is 14.3 Å². The molecule has 4 rings (SSSR count). The van der Waals surface area contributed by atoms with Crippen molar-refractivity contribution in [3.8, 4) is 0 Å². The van der Waals surface area contributed by atoms with Crippen molar-refractivity contribution in [2.24, 2.45) is 17.8 Å². The summed E-state index contributed by atoms with van der Waals surface area (Å²) in [5, 5.41) is 9.48. The normalized spacial score (nSPS) is 40.0. The highest BCUT2D eigenvalue weighted by Crippen LogP contribution is 2.52. The molecule has 2 bridgehead atoms. The minimum atomic E-state index is -0.937. The quantitative estimate of drug-likeness (QED) is 0.803. The highest BCUT2D eigenvalue weighted by atomic mass is 16.5. The van der Waals surface area contributed by atoms with E-state index in [4.69, 9.17) is 4.74 Å². The van der Waals surface area contributed by atoms with Gasteiger partial charge in [0.15, 0.2) is 0 Å². The van der Waals surface area contributed by atoms with E-state index in [2.05, 4.69) is 19.6 Å². The molecule has 2 fully saturated rings. The predicted molar refractivity (Wildman–Crippen MR) is 88.2 cm³/mol. The maximum Gasteiger partial charge on any atom is 0.310 e. The fraction of sp³-hybridized carbons (Fsp3) is 0.579. The summed E-state index contributed by atoms with van der Waals surface area (Å²) in [6.45, 7) is 7.16. The largest absolute Gasteiger partial charge is 0.481 e. The molecule has 1 aliphatic carbocycles. The Hall–Kier alpha value is -1.88. The van der Waals surface area contributed by atoms with Crippen molar-refractivity contribution in [3.63, 3.8) is 0 Å². The van der Waals surface area contributed by atoms with Crippen molar-refractivity contribution in [2.45, 2.75) is 37.9 Å². The fourth-order valence-electron chi connectivity index (χ4n) is 4.72. The second-order valence-corrected chi connectivity index (χ2v) is 7.61. The van der Waals surface area contributed by atoms with Crippen molar-refractivity contribution in [2.75, 3.05) is 13.1 Å². The second kappa shape index (κ2) is 5.31. The Balaban J connectivity index is 1.50. The number of fused-ring (bicyclic) bond motifs is 1. The maximum atomic E-state index is 12.8. The van der Waals surface area contributed by atoms with Gasteiger partial charge in [-0.15, -0.1) is 0 Å². The molecular formula is C19H23NO4. The van der Waals surface area contributed by atoms with E-state index >= 15 is 0 Å². The molecule has 2 saturated heterocycles. The Bertz CT molecular complexity index is 679. The third kappa shape index (κ3) is 2.18. The number of carboxylic acids is 1. The molecule has 0 aromatic carbocycles. The highest BCUT2D eigenvalue weighted by Gasteiger charge is 2.67. The topological polar surface area (TPSA) is 66.8 Å². The van der Waals surface area contributed by atoms with E-state index in [9.17, 15) is 14.7 Å². The Labute approximate surface area is 141 Å². The van der Waals surface area contributed by atoms with E-state index in [1.807, 2.05) is 12.2 Å². The summed E-state index contributed by atoms with van der Waals surface area (Å²) in [5.74, 6) is -1.79. The minimum absolute atomic E-state index is 0.0721. The predicted octanol–water partition coefficient (Wildman–Crippen LogP) is 2.16. The third-order valence-corrected chi connectivity index (χ3v) is 6.06. The van der Waals surface area contributed by atoms with Gasteiger partial charge in [0, 0.05) is 6.54 Å². The Morgan fingerprint density at radius 3 is 2.96 bits per heavy atom. The lowest BCUT2D eigenvalue weighted by atomic mass is 9.77. The van der Waals surface area contributed by atoms with E-state index in [1.54, 1.807) is 4.90 Å². The summed E-state index contributed by atoms with van der Waals surface area (Å²) < 4.78 is 5.91.